The van der Waals surface area contributed by atoms with Gasteiger partial charge in [-0.3, -0.25) is 0 Å². The summed E-state index contributed by atoms with van der Waals surface area (Å²) in [7, 11) is -3.28. The molecule has 2 atom stereocenters. The van der Waals surface area contributed by atoms with E-state index in [0.29, 0.717) is 32.4 Å². The van der Waals surface area contributed by atoms with Gasteiger partial charge in [0.25, 0.3) is 0 Å². The Bertz CT molecular complexity index is 708. The van der Waals surface area contributed by atoms with Crippen LogP contribution in [0, 0.1) is 0 Å². The summed E-state index contributed by atoms with van der Waals surface area (Å²) in [6.07, 6.45) is 5.57. The molecule has 22 heavy (non-hydrogen) atoms. The van der Waals surface area contributed by atoms with Gasteiger partial charge >= 0.3 is 0 Å². The van der Waals surface area contributed by atoms with Crippen molar-refractivity contribution in [2.75, 3.05) is 13.2 Å². The molecular formula is C15H21N3O3S. The minimum absolute atomic E-state index is 0.00812. The van der Waals surface area contributed by atoms with Gasteiger partial charge in [0.15, 0.2) is 0 Å². The van der Waals surface area contributed by atoms with Crippen molar-refractivity contribution in [2.45, 2.75) is 37.5 Å². The van der Waals surface area contributed by atoms with Gasteiger partial charge in [0, 0.05) is 32.0 Å². The average Bonchev–Trinajstić information content (AvgIpc) is 2.89. The second-order valence-electron chi connectivity index (χ2n) is 5.72. The van der Waals surface area contributed by atoms with Crippen molar-refractivity contribution in [1.29, 1.82) is 0 Å². The van der Waals surface area contributed by atoms with Gasteiger partial charge in [0.05, 0.1) is 17.0 Å². The number of nitrogens with zero attached hydrogens (tertiary/aromatic N) is 2. The van der Waals surface area contributed by atoms with Crippen molar-refractivity contribution in [3.05, 3.63) is 36.3 Å². The van der Waals surface area contributed by atoms with Gasteiger partial charge in [0.1, 0.15) is 5.65 Å². The smallest absolute Gasteiger partial charge is 0.214 e. The molecule has 1 aliphatic rings. The number of rotatable bonds is 5. The second kappa shape index (κ2) is 6.36. The van der Waals surface area contributed by atoms with Crippen LogP contribution in [0.4, 0.5) is 0 Å². The third-order valence-electron chi connectivity index (χ3n) is 3.97. The zero-order valence-corrected chi connectivity index (χ0v) is 13.4. The van der Waals surface area contributed by atoms with Crippen molar-refractivity contribution in [3.63, 3.8) is 0 Å². The van der Waals surface area contributed by atoms with E-state index in [9.17, 15) is 8.42 Å². The number of nitrogens with one attached hydrogen (secondary N) is 1. The second-order valence-corrected chi connectivity index (χ2v) is 7.76. The third kappa shape index (κ3) is 3.48. The molecule has 0 saturated carbocycles. The lowest BCUT2D eigenvalue weighted by Crippen LogP contribution is -2.40. The lowest BCUT2D eigenvalue weighted by molar-refractivity contribution is 0.0299. The van der Waals surface area contributed by atoms with E-state index in [1.165, 1.54) is 0 Å². The molecule has 120 valence electrons. The Morgan fingerprint density at radius 3 is 3.09 bits per heavy atom. The van der Waals surface area contributed by atoms with Crippen LogP contribution >= 0.6 is 0 Å². The van der Waals surface area contributed by atoms with Gasteiger partial charge in [-0.05, 0) is 31.9 Å². The standard InChI is InChI=1S/C15H21N3O3S/c1-12-10-14(6-9-21-12)22(19,20)16-7-5-13-11-18-8-3-2-4-15(18)17-13/h2-4,8,11-12,14,16H,5-7,9-10H2,1H3/t12-,14+/m1/s1. The number of hydrogen-bond acceptors (Lipinski definition) is 4. The van der Waals surface area contributed by atoms with E-state index in [1.807, 2.05) is 41.9 Å². The highest BCUT2D eigenvalue weighted by atomic mass is 32.2. The van der Waals surface area contributed by atoms with E-state index in [0.717, 1.165) is 11.3 Å². The minimum Gasteiger partial charge on any atom is -0.378 e. The van der Waals surface area contributed by atoms with Crippen molar-refractivity contribution in [2.24, 2.45) is 0 Å². The zero-order chi connectivity index (χ0) is 15.6. The molecule has 2 aromatic rings. The van der Waals surface area contributed by atoms with Crippen LogP contribution in [0.25, 0.3) is 5.65 Å². The van der Waals surface area contributed by atoms with E-state index in [1.54, 1.807) is 0 Å². The molecule has 0 bridgehead atoms. The lowest BCUT2D eigenvalue weighted by Gasteiger charge is -2.27. The number of pyridine rings is 1. The fourth-order valence-electron chi connectivity index (χ4n) is 2.79. The number of ether oxygens (including phenoxy) is 1. The first-order chi connectivity index (χ1) is 10.5. The summed E-state index contributed by atoms with van der Waals surface area (Å²) in [6, 6.07) is 5.80. The van der Waals surface area contributed by atoms with Crippen molar-refractivity contribution in [1.82, 2.24) is 14.1 Å². The molecule has 0 amide bonds. The maximum atomic E-state index is 12.3. The van der Waals surface area contributed by atoms with Gasteiger partial charge in [-0.25, -0.2) is 18.1 Å². The molecule has 3 rings (SSSR count). The number of fused-ring (bicyclic) bond motifs is 1. The summed E-state index contributed by atoms with van der Waals surface area (Å²) >= 11 is 0. The highest BCUT2D eigenvalue weighted by Crippen LogP contribution is 2.19. The van der Waals surface area contributed by atoms with Gasteiger partial charge in [-0.15, -0.1) is 0 Å². The Balaban J connectivity index is 1.57. The van der Waals surface area contributed by atoms with Crippen molar-refractivity contribution in [3.8, 4) is 0 Å². The summed E-state index contributed by atoms with van der Waals surface area (Å²) in [6.45, 7) is 2.80. The first-order valence-electron chi connectivity index (χ1n) is 7.57. The summed E-state index contributed by atoms with van der Waals surface area (Å²) < 4.78 is 34.7. The lowest BCUT2D eigenvalue weighted by atomic mass is 10.1. The van der Waals surface area contributed by atoms with Crippen molar-refractivity contribution >= 4 is 15.7 Å². The molecular weight excluding hydrogens is 302 g/mol. The van der Waals surface area contributed by atoms with Gasteiger partial charge in [-0.2, -0.15) is 0 Å². The predicted octanol–water partition coefficient (Wildman–Crippen LogP) is 1.36. The molecule has 6 nitrogen and oxygen atoms in total. The van der Waals surface area contributed by atoms with Crippen LogP contribution in [0.5, 0.6) is 0 Å². The zero-order valence-electron chi connectivity index (χ0n) is 12.6. The fourth-order valence-corrected chi connectivity index (χ4v) is 4.34. The molecule has 7 heteroatoms. The largest absolute Gasteiger partial charge is 0.378 e. The Morgan fingerprint density at radius 2 is 2.32 bits per heavy atom. The number of aromatic nitrogens is 2. The van der Waals surface area contributed by atoms with E-state index in [2.05, 4.69) is 9.71 Å². The number of hydrogen-bond donors (Lipinski definition) is 1. The highest BCUT2D eigenvalue weighted by Gasteiger charge is 2.30. The fraction of sp³-hybridized carbons (Fsp3) is 0.533. The van der Waals surface area contributed by atoms with Gasteiger partial charge < -0.3 is 9.14 Å². The molecule has 1 N–H and O–H groups in total. The average molecular weight is 323 g/mol. The predicted molar refractivity (Wildman–Crippen MR) is 84.3 cm³/mol. The van der Waals surface area contributed by atoms with E-state index < -0.39 is 10.0 Å². The number of sulfonamides is 1. The highest BCUT2D eigenvalue weighted by molar-refractivity contribution is 7.90. The molecule has 0 spiro atoms. The Labute approximate surface area is 130 Å². The molecule has 2 aromatic heterocycles. The first kappa shape index (κ1) is 15.5. The molecule has 1 aliphatic heterocycles. The van der Waals surface area contributed by atoms with E-state index in [-0.39, 0.29) is 11.4 Å². The summed E-state index contributed by atoms with van der Waals surface area (Å²) in [5.74, 6) is 0. The van der Waals surface area contributed by atoms with Crippen LogP contribution in [-0.2, 0) is 21.2 Å². The normalized spacial score (nSPS) is 23.0. The van der Waals surface area contributed by atoms with Gasteiger partial charge in [-0.1, -0.05) is 6.07 Å². The van der Waals surface area contributed by atoms with Crippen LogP contribution in [0.1, 0.15) is 25.5 Å². The summed E-state index contributed by atoms with van der Waals surface area (Å²) in [5, 5.41) is -0.350. The van der Waals surface area contributed by atoms with E-state index in [4.69, 9.17) is 4.74 Å². The quantitative estimate of drug-likeness (QED) is 0.902. The van der Waals surface area contributed by atoms with Crippen LogP contribution in [0.3, 0.4) is 0 Å². The van der Waals surface area contributed by atoms with Crippen LogP contribution < -0.4 is 4.72 Å². The SMILES string of the molecule is C[C@@H]1C[C@@H](S(=O)(=O)NCCc2cn3ccccc3n2)CCO1. The first-order valence-corrected chi connectivity index (χ1v) is 9.12. The molecule has 0 aromatic carbocycles. The third-order valence-corrected chi connectivity index (χ3v) is 5.89. The van der Waals surface area contributed by atoms with Crippen LogP contribution in [0.2, 0.25) is 0 Å². The minimum atomic E-state index is -3.28. The van der Waals surface area contributed by atoms with Crippen molar-refractivity contribution < 1.29 is 13.2 Å². The van der Waals surface area contributed by atoms with Crippen LogP contribution in [-0.4, -0.2) is 42.3 Å². The molecule has 0 unspecified atom stereocenters. The summed E-state index contributed by atoms with van der Waals surface area (Å²) in [4.78, 5) is 4.47. The topological polar surface area (TPSA) is 72.7 Å². The maximum Gasteiger partial charge on any atom is 0.214 e. The monoisotopic (exact) mass is 323 g/mol. The van der Waals surface area contributed by atoms with Gasteiger partial charge in [0.2, 0.25) is 10.0 Å². The molecule has 1 fully saturated rings. The van der Waals surface area contributed by atoms with Crippen LogP contribution in [0.15, 0.2) is 30.6 Å². The maximum absolute atomic E-state index is 12.3. The molecule has 1 saturated heterocycles. The Hall–Kier alpha value is -1.44. The Morgan fingerprint density at radius 1 is 1.45 bits per heavy atom. The molecule has 0 aliphatic carbocycles. The Kier molecular flexibility index (Phi) is 4.46. The van der Waals surface area contributed by atoms with E-state index >= 15 is 0 Å². The number of imidazole rings is 1. The summed E-state index contributed by atoms with van der Waals surface area (Å²) in [5.41, 5.74) is 1.76. The molecule has 0 radical (unpaired) electrons. The molecule has 3 heterocycles.